The van der Waals surface area contributed by atoms with Crippen LogP contribution in [0.4, 0.5) is 11.8 Å². The van der Waals surface area contributed by atoms with Gasteiger partial charge >= 0.3 is 0 Å². The number of halogens is 1. The fourth-order valence-electron chi connectivity index (χ4n) is 1.88. The molecular formula is C9H15BrN6O2S. The molecule has 3 N–H and O–H groups in total. The topological polar surface area (TPSA) is 104 Å². The predicted octanol–water partition coefficient (Wildman–Crippen LogP) is -0.394. The first-order chi connectivity index (χ1) is 8.91. The molecule has 8 nitrogen and oxygen atoms in total. The molecule has 1 aromatic rings. The van der Waals surface area contributed by atoms with Crippen molar-refractivity contribution >= 4 is 37.7 Å². The van der Waals surface area contributed by atoms with E-state index in [2.05, 4.69) is 31.3 Å². The molecule has 2 heterocycles. The van der Waals surface area contributed by atoms with E-state index in [0.29, 0.717) is 37.9 Å². The number of anilines is 2. The van der Waals surface area contributed by atoms with Gasteiger partial charge in [0.05, 0.1) is 10.7 Å². The molecule has 1 aliphatic heterocycles. The lowest BCUT2D eigenvalue weighted by atomic mass is 10.3. The largest absolute Gasteiger partial charge is 0.353 e. The van der Waals surface area contributed by atoms with E-state index in [9.17, 15) is 8.42 Å². The Morgan fingerprint density at radius 1 is 1.37 bits per heavy atom. The molecule has 1 saturated heterocycles. The van der Waals surface area contributed by atoms with Crippen LogP contribution in [0.3, 0.4) is 0 Å². The minimum Gasteiger partial charge on any atom is -0.353 e. The van der Waals surface area contributed by atoms with Crippen LogP contribution in [-0.2, 0) is 10.0 Å². The zero-order chi connectivity index (χ0) is 14.0. The van der Waals surface area contributed by atoms with E-state index in [1.807, 2.05) is 4.90 Å². The SMILES string of the molecule is CS(=O)(=O)N1CCN(c2nc(NN)ncc2Br)CC1. The Morgan fingerprint density at radius 3 is 2.53 bits per heavy atom. The van der Waals surface area contributed by atoms with Crippen LogP contribution in [0.25, 0.3) is 0 Å². The third-order valence-electron chi connectivity index (χ3n) is 2.86. The quantitative estimate of drug-likeness (QED) is 0.564. The Balaban J connectivity index is 2.13. The number of nitrogen functional groups attached to an aromatic ring is 1. The van der Waals surface area contributed by atoms with E-state index in [1.165, 1.54) is 10.6 Å². The lowest BCUT2D eigenvalue weighted by Crippen LogP contribution is -2.48. The first kappa shape index (κ1) is 14.4. The second-order valence-corrected chi connectivity index (χ2v) is 7.00. The van der Waals surface area contributed by atoms with Crippen LogP contribution in [0.15, 0.2) is 10.7 Å². The average molecular weight is 351 g/mol. The highest BCUT2D eigenvalue weighted by molar-refractivity contribution is 9.10. The maximum Gasteiger partial charge on any atom is 0.239 e. The number of piperazine rings is 1. The van der Waals surface area contributed by atoms with Gasteiger partial charge in [-0.3, -0.25) is 5.43 Å². The number of sulfonamides is 1. The number of nitrogens with one attached hydrogen (secondary N) is 1. The van der Waals surface area contributed by atoms with E-state index < -0.39 is 10.0 Å². The number of nitrogens with two attached hydrogens (primary N) is 1. The number of hydrazine groups is 1. The van der Waals surface area contributed by atoms with Gasteiger partial charge in [0.1, 0.15) is 5.82 Å². The highest BCUT2D eigenvalue weighted by Crippen LogP contribution is 2.25. The van der Waals surface area contributed by atoms with Gasteiger partial charge in [-0.05, 0) is 15.9 Å². The third-order valence-corrected chi connectivity index (χ3v) is 4.72. The standard InChI is InChI=1S/C9H15BrN6O2S/c1-19(17,18)16-4-2-15(3-5-16)8-7(10)6-12-9(13-8)14-11/h6H,2-5,11H2,1H3,(H,12,13,14). The Morgan fingerprint density at radius 2 is 2.00 bits per heavy atom. The number of hydrogen-bond donors (Lipinski definition) is 2. The Bertz CT molecular complexity index is 558. The van der Waals surface area contributed by atoms with Gasteiger partial charge in [-0.2, -0.15) is 9.29 Å². The molecule has 2 rings (SSSR count). The maximum atomic E-state index is 11.4. The Hall–Kier alpha value is -0.970. The molecule has 0 unspecified atom stereocenters. The van der Waals surface area contributed by atoms with Crippen LogP contribution >= 0.6 is 15.9 Å². The van der Waals surface area contributed by atoms with Gasteiger partial charge in [0.2, 0.25) is 16.0 Å². The fourth-order valence-corrected chi connectivity index (χ4v) is 3.15. The number of hydrogen-bond acceptors (Lipinski definition) is 7. The van der Waals surface area contributed by atoms with Gasteiger partial charge in [0, 0.05) is 32.4 Å². The van der Waals surface area contributed by atoms with Crippen molar-refractivity contribution in [2.75, 3.05) is 42.8 Å². The summed E-state index contributed by atoms with van der Waals surface area (Å²) in [7, 11) is -3.12. The summed E-state index contributed by atoms with van der Waals surface area (Å²) in [4.78, 5) is 10.2. The van der Waals surface area contributed by atoms with Crippen molar-refractivity contribution in [2.45, 2.75) is 0 Å². The van der Waals surface area contributed by atoms with Crippen LogP contribution in [0.5, 0.6) is 0 Å². The zero-order valence-corrected chi connectivity index (χ0v) is 12.8. The molecule has 0 aromatic carbocycles. The summed E-state index contributed by atoms with van der Waals surface area (Å²) >= 11 is 3.38. The van der Waals surface area contributed by atoms with Gasteiger partial charge < -0.3 is 4.90 Å². The van der Waals surface area contributed by atoms with Gasteiger partial charge in [0.15, 0.2) is 0 Å². The average Bonchev–Trinajstić information content (AvgIpc) is 2.38. The van der Waals surface area contributed by atoms with Crippen LogP contribution < -0.4 is 16.2 Å². The molecule has 1 fully saturated rings. The highest BCUT2D eigenvalue weighted by Gasteiger charge is 2.25. The molecule has 1 aliphatic rings. The normalized spacial score (nSPS) is 17.5. The fraction of sp³-hybridized carbons (Fsp3) is 0.556. The van der Waals surface area contributed by atoms with Crippen LogP contribution in [0.1, 0.15) is 0 Å². The summed E-state index contributed by atoms with van der Waals surface area (Å²) in [5.41, 5.74) is 2.39. The van der Waals surface area contributed by atoms with E-state index in [1.54, 1.807) is 6.20 Å². The molecule has 0 radical (unpaired) electrons. The molecule has 0 bridgehead atoms. The molecule has 10 heteroatoms. The van der Waals surface area contributed by atoms with E-state index >= 15 is 0 Å². The molecule has 106 valence electrons. The first-order valence-electron chi connectivity index (χ1n) is 5.61. The van der Waals surface area contributed by atoms with Crippen molar-refractivity contribution in [1.82, 2.24) is 14.3 Å². The highest BCUT2D eigenvalue weighted by atomic mass is 79.9. The summed E-state index contributed by atoms with van der Waals surface area (Å²) in [5.74, 6) is 6.31. The van der Waals surface area contributed by atoms with E-state index in [0.717, 1.165) is 4.47 Å². The first-order valence-corrected chi connectivity index (χ1v) is 8.25. The lowest BCUT2D eigenvalue weighted by Gasteiger charge is -2.34. The second kappa shape index (κ2) is 5.57. The van der Waals surface area contributed by atoms with Gasteiger partial charge in [0.25, 0.3) is 0 Å². The lowest BCUT2D eigenvalue weighted by molar-refractivity contribution is 0.386. The molecule has 0 amide bonds. The van der Waals surface area contributed by atoms with Crippen molar-refractivity contribution < 1.29 is 8.42 Å². The monoisotopic (exact) mass is 350 g/mol. The third kappa shape index (κ3) is 3.32. The number of rotatable bonds is 3. The van der Waals surface area contributed by atoms with Crippen molar-refractivity contribution in [1.29, 1.82) is 0 Å². The Labute approximate surface area is 120 Å². The van der Waals surface area contributed by atoms with Gasteiger partial charge in [-0.1, -0.05) is 0 Å². The van der Waals surface area contributed by atoms with Crippen LogP contribution in [-0.4, -0.2) is 55.1 Å². The second-order valence-electron chi connectivity index (χ2n) is 4.16. The van der Waals surface area contributed by atoms with E-state index in [-0.39, 0.29) is 0 Å². The molecular weight excluding hydrogens is 336 g/mol. The molecule has 19 heavy (non-hydrogen) atoms. The molecule has 0 saturated carbocycles. The summed E-state index contributed by atoms with van der Waals surface area (Å²) in [6.45, 7) is 2.04. The minimum absolute atomic E-state index is 0.323. The van der Waals surface area contributed by atoms with E-state index in [4.69, 9.17) is 5.84 Å². The zero-order valence-electron chi connectivity index (χ0n) is 10.4. The molecule has 0 atom stereocenters. The smallest absolute Gasteiger partial charge is 0.239 e. The summed E-state index contributed by atoms with van der Waals surface area (Å²) in [5, 5.41) is 0. The molecule has 0 spiro atoms. The van der Waals surface area contributed by atoms with Crippen LogP contribution in [0, 0.1) is 0 Å². The van der Waals surface area contributed by atoms with Gasteiger partial charge in [-0.25, -0.2) is 19.2 Å². The Kier molecular flexibility index (Phi) is 4.23. The van der Waals surface area contributed by atoms with Crippen molar-refractivity contribution in [3.8, 4) is 0 Å². The summed E-state index contributed by atoms with van der Waals surface area (Å²) in [6, 6.07) is 0. The van der Waals surface area contributed by atoms with Crippen molar-refractivity contribution in [3.05, 3.63) is 10.7 Å². The summed E-state index contributed by atoms with van der Waals surface area (Å²) < 4.78 is 25.1. The van der Waals surface area contributed by atoms with Crippen molar-refractivity contribution in [3.63, 3.8) is 0 Å². The number of aromatic nitrogens is 2. The van der Waals surface area contributed by atoms with Gasteiger partial charge in [-0.15, -0.1) is 0 Å². The summed E-state index contributed by atoms with van der Waals surface area (Å²) in [6.07, 6.45) is 2.83. The van der Waals surface area contributed by atoms with Crippen molar-refractivity contribution in [2.24, 2.45) is 5.84 Å². The van der Waals surface area contributed by atoms with Crippen LogP contribution in [0.2, 0.25) is 0 Å². The minimum atomic E-state index is -3.12. The number of nitrogens with zero attached hydrogens (tertiary/aromatic N) is 4. The molecule has 0 aliphatic carbocycles. The maximum absolute atomic E-state index is 11.4. The molecule has 1 aromatic heterocycles. The predicted molar refractivity (Wildman–Crippen MR) is 76.2 cm³/mol.